The average Bonchev–Trinajstić information content (AvgIpc) is 3.45. The number of anilines is 1. The molecule has 1 N–H and O–H groups in total. The largest absolute Gasteiger partial charge is 0.497 e. The molecular formula is C19H23N3O2. The molecule has 126 valence electrons. The van der Waals surface area contributed by atoms with E-state index in [0.29, 0.717) is 6.04 Å². The van der Waals surface area contributed by atoms with E-state index < -0.39 is 0 Å². The molecule has 2 aliphatic rings. The maximum Gasteiger partial charge on any atom is 0.225 e. The van der Waals surface area contributed by atoms with Gasteiger partial charge in [0.05, 0.1) is 18.5 Å². The van der Waals surface area contributed by atoms with Gasteiger partial charge < -0.3 is 15.0 Å². The van der Waals surface area contributed by atoms with Gasteiger partial charge in [-0.2, -0.15) is 0 Å². The molecule has 2 fully saturated rings. The van der Waals surface area contributed by atoms with Crippen LogP contribution in [0.15, 0.2) is 30.3 Å². The molecular weight excluding hydrogens is 302 g/mol. The summed E-state index contributed by atoms with van der Waals surface area (Å²) in [4.78, 5) is 19.4. The number of fused-ring (bicyclic) bond motifs is 1. The lowest BCUT2D eigenvalue weighted by Gasteiger charge is -2.33. The summed E-state index contributed by atoms with van der Waals surface area (Å²) >= 11 is 0. The molecule has 5 nitrogen and oxygen atoms in total. The standard InChI is InChI=1S/C19H23N3O2/c1-24-16-7-8-17-13(11-16)4-9-18(21-17)22-10-2-3-14(12-22)19(23)20-15-5-6-15/h4,7-9,11,14-15H,2-3,5-6,10,12H2,1H3,(H,20,23). The van der Waals surface area contributed by atoms with Crippen molar-refractivity contribution >= 4 is 22.6 Å². The van der Waals surface area contributed by atoms with E-state index in [4.69, 9.17) is 9.72 Å². The van der Waals surface area contributed by atoms with Crippen molar-refractivity contribution in [2.24, 2.45) is 5.92 Å². The summed E-state index contributed by atoms with van der Waals surface area (Å²) in [5.41, 5.74) is 0.956. The Morgan fingerprint density at radius 2 is 2.12 bits per heavy atom. The van der Waals surface area contributed by atoms with Crippen LogP contribution < -0.4 is 15.0 Å². The number of ether oxygens (including phenoxy) is 1. The molecule has 1 aromatic heterocycles. The van der Waals surface area contributed by atoms with Crippen LogP contribution in [0.2, 0.25) is 0 Å². The number of rotatable bonds is 4. The maximum atomic E-state index is 12.3. The Morgan fingerprint density at radius 3 is 2.92 bits per heavy atom. The van der Waals surface area contributed by atoms with Crippen molar-refractivity contribution in [1.29, 1.82) is 0 Å². The maximum absolute atomic E-state index is 12.3. The zero-order chi connectivity index (χ0) is 16.5. The van der Waals surface area contributed by atoms with Gasteiger partial charge in [-0.05, 0) is 56.0 Å². The second kappa shape index (κ2) is 6.30. The number of pyridine rings is 1. The van der Waals surface area contributed by atoms with Crippen LogP contribution >= 0.6 is 0 Å². The number of amides is 1. The number of aromatic nitrogens is 1. The predicted molar refractivity (Wildman–Crippen MR) is 94.4 cm³/mol. The molecule has 2 heterocycles. The number of carbonyl (C=O) groups excluding carboxylic acids is 1. The van der Waals surface area contributed by atoms with Crippen LogP contribution in [0.4, 0.5) is 5.82 Å². The number of hydrogen-bond acceptors (Lipinski definition) is 4. The normalized spacial score (nSPS) is 20.9. The van der Waals surface area contributed by atoms with Crippen LogP contribution in [0.5, 0.6) is 5.75 Å². The second-order valence-corrected chi connectivity index (χ2v) is 6.80. The summed E-state index contributed by atoms with van der Waals surface area (Å²) in [6.45, 7) is 1.72. The van der Waals surface area contributed by atoms with Crippen LogP contribution in [0.3, 0.4) is 0 Å². The first-order valence-corrected chi connectivity index (χ1v) is 8.73. The van der Waals surface area contributed by atoms with Crippen molar-refractivity contribution in [3.63, 3.8) is 0 Å². The summed E-state index contributed by atoms with van der Waals surface area (Å²) in [5.74, 6) is 2.09. The van der Waals surface area contributed by atoms with Gasteiger partial charge in [0, 0.05) is 24.5 Å². The van der Waals surface area contributed by atoms with Crippen molar-refractivity contribution in [1.82, 2.24) is 10.3 Å². The average molecular weight is 325 g/mol. The fourth-order valence-electron chi connectivity index (χ4n) is 3.34. The van der Waals surface area contributed by atoms with Gasteiger partial charge in [0.1, 0.15) is 11.6 Å². The van der Waals surface area contributed by atoms with E-state index in [9.17, 15) is 4.79 Å². The molecule has 1 aromatic carbocycles. The number of carbonyl (C=O) groups is 1. The lowest BCUT2D eigenvalue weighted by Crippen LogP contribution is -2.43. The molecule has 0 spiro atoms. The highest BCUT2D eigenvalue weighted by atomic mass is 16.5. The van der Waals surface area contributed by atoms with Crippen molar-refractivity contribution in [2.45, 2.75) is 31.7 Å². The van der Waals surface area contributed by atoms with Gasteiger partial charge in [-0.25, -0.2) is 4.98 Å². The Morgan fingerprint density at radius 1 is 1.25 bits per heavy atom. The van der Waals surface area contributed by atoms with E-state index in [0.717, 1.165) is 61.2 Å². The molecule has 1 aliphatic carbocycles. The first-order valence-electron chi connectivity index (χ1n) is 8.73. The van der Waals surface area contributed by atoms with Gasteiger partial charge in [0.25, 0.3) is 0 Å². The fraction of sp³-hybridized carbons (Fsp3) is 0.474. The summed E-state index contributed by atoms with van der Waals surface area (Å²) in [6.07, 6.45) is 4.28. The lowest BCUT2D eigenvalue weighted by molar-refractivity contribution is -0.125. The Labute approximate surface area is 142 Å². The minimum Gasteiger partial charge on any atom is -0.497 e. The number of nitrogens with one attached hydrogen (secondary N) is 1. The number of piperidine rings is 1. The van der Waals surface area contributed by atoms with Gasteiger partial charge >= 0.3 is 0 Å². The van der Waals surface area contributed by atoms with E-state index in [1.807, 2.05) is 24.3 Å². The molecule has 1 saturated heterocycles. The summed E-state index contributed by atoms with van der Waals surface area (Å²) in [6, 6.07) is 10.5. The van der Waals surface area contributed by atoms with Gasteiger partial charge in [0.15, 0.2) is 0 Å². The highest BCUT2D eigenvalue weighted by Crippen LogP contribution is 2.27. The monoisotopic (exact) mass is 325 g/mol. The molecule has 1 unspecified atom stereocenters. The van der Waals surface area contributed by atoms with E-state index in [1.165, 1.54) is 0 Å². The third-order valence-electron chi connectivity index (χ3n) is 4.92. The lowest BCUT2D eigenvalue weighted by atomic mass is 9.97. The third-order valence-corrected chi connectivity index (χ3v) is 4.92. The Balaban J connectivity index is 1.51. The molecule has 24 heavy (non-hydrogen) atoms. The summed E-state index contributed by atoms with van der Waals surface area (Å²) in [7, 11) is 1.67. The van der Waals surface area contributed by atoms with E-state index >= 15 is 0 Å². The van der Waals surface area contributed by atoms with E-state index in [-0.39, 0.29) is 11.8 Å². The predicted octanol–water partition coefficient (Wildman–Crippen LogP) is 2.74. The topological polar surface area (TPSA) is 54.5 Å². The van der Waals surface area contributed by atoms with Crippen LogP contribution in [0.1, 0.15) is 25.7 Å². The fourth-order valence-corrected chi connectivity index (χ4v) is 3.34. The van der Waals surface area contributed by atoms with Crippen LogP contribution in [-0.4, -0.2) is 37.1 Å². The second-order valence-electron chi connectivity index (χ2n) is 6.80. The zero-order valence-corrected chi connectivity index (χ0v) is 14.0. The Bertz CT molecular complexity index is 757. The van der Waals surface area contributed by atoms with Crippen LogP contribution in [-0.2, 0) is 4.79 Å². The molecule has 2 aromatic rings. The number of benzene rings is 1. The molecule has 1 aliphatic heterocycles. The number of methoxy groups -OCH3 is 1. The van der Waals surface area contributed by atoms with Crippen molar-refractivity contribution in [3.05, 3.63) is 30.3 Å². The molecule has 4 rings (SSSR count). The SMILES string of the molecule is COc1ccc2nc(N3CCCC(C(=O)NC4CC4)C3)ccc2c1. The van der Waals surface area contributed by atoms with Crippen molar-refractivity contribution in [3.8, 4) is 5.75 Å². The molecule has 0 radical (unpaired) electrons. The minimum absolute atomic E-state index is 0.0766. The Kier molecular flexibility index (Phi) is 4.00. The zero-order valence-electron chi connectivity index (χ0n) is 14.0. The summed E-state index contributed by atoms with van der Waals surface area (Å²) < 4.78 is 5.26. The highest BCUT2D eigenvalue weighted by molar-refractivity contribution is 5.82. The van der Waals surface area contributed by atoms with Gasteiger partial charge in [0.2, 0.25) is 5.91 Å². The first kappa shape index (κ1) is 15.2. The van der Waals surface area contributed by atoms with Crippen LogP contribution in [0, 0.1) is 5.92 Å². The molecule has 0 bridgehead atoms. The molecule has 1 atom stereocenters. The number of hydrogen-bond donors (Lipinski definition) is 1. The van der Waals surface area contributed by atoms with Crippen LogP contribution in [0.25, 0.3) is 10.9 Å². The highest BCUT2D eigenvalue weighted by Gasteiger charge is 2.30. The summed E-state index contributed by atoms with van der Waals surface area (Å²) in [5, 5.41) is 4.21. The van der Waals surface area contributed by atoms with Gasteiger partial charge in [-0.15, -0.1) is 0 Å². The molecule has 1 saturated carbocycles. The molecule has 5 heteroatoms. The van der Waals surface area contributed by atoms with Gasteiger partial charge in [-0.1, -0.05) is 0 Å². The van der Waals surface area contributed by atoms with Gasteiger partial charge in [-0.3, -0.25) is 4.79 Å². The smallest absolute Gasteiger partial charge is 0.225 e. The Hall–Kier alpha value is -2.30. The number of nitrogens with zero attached hydrogens (tertiary/aromatic N) is 2. The van der Waals surface area contributed by atoms with Crippen molar-refractivity contribution < 1.29 is 9.53 Å². The first-order chi connectivity index (χ1) is 11.7. The van der Waals surface area contributed by atoms with E-state index in [2.05, 4.69) is 16.3 Å². The van der Waals surface area contributed by atoms with E-state index in [1.54, 1.807) is 7.11 Å². The quantitative estimate of drug-likeness (QED) is 0.939. The third kappa shape index (κ3) is 3.16. The molecule has 1 amide bonds. The minimum atomic E-state index is 0.0766. The van der Waals surface area contributed by atoms with Crippen molar-refractivity contribution in [2.75, 3.05) is 25.1 Å².